The van der Waals surface area contributed by atoms with Crippen molar-refractivity contribution in [2.75, 3.05) is 16.0 Å². The second-order valence-corrected chi connectivity index (χ2v) is 6.04. The number of amides is 2. The molecule has 0 aliphatic heterocycles. The van der Waals surface area contributed by atoms with Gasteiger partial charge in [0, 0.05) is 30.1 Å². The zero-order chi connectivity index (χ0) is 20.1. The minimum absolute atomic E-state index is 0.149. The Morgan fingerprint density at radius 2 is 1.57 bits per heavy atom. The molecule has 0 aliphatic rings. The largest absolute Gasteiger partial charge is 0.340 e. The highest BCUT2D eigenvalue weighted by Crippen LogP contribution is 2.19. The van der Waals surface area contributed by atoms with Crippen molar-refractivity contribution in [1.82, 2.24) is 9.97 Å². The van der Waals surface area contributed by atoms with E-state index in [0.29, 0.717) is 28.7 Å². The van der Waals surface area contributed by atoms with E-state index in [9.17, 15) is 14.0 Å². The van der Waals surface area contributed by atoms with Gasteiger partial charge in [0.1, 0.15) is 23.2 Å². The fraction of sp³-hybridized carbons (Fsp3) is 0.100. The minimum Gasteiger partial charge on any atom is -0.340 e. The van der Waals surface area contributed by atoms with Crippen molar-refractivity contribution >= 4 is 34.7 Å². The zero-order valence-electron chi connectivity index (χ0n) is 15.3. The first-order chi connectivity index (χ1) is 13.4. The highest BCUT2D eigenvalue weighted by Gasteiger charge is 2.12. The Morgan fingerprint density at radius 3 is 2.29 bits per heavy atom. The summed E-state index contributed by atoms with van der Waals surface area (Å²) in [5.74, 6) is -0.266. The number of benzene rings is 2. The third-order valence-electron chi connectivity index (χ3n) is 3.61. The summed E-state index contributed by atoms with van der Waals surface area (Å²) >= 11 is 0. The molecule has 2 amide bonds. The maximum Gasteiger partial charge on any atom is 0.274 e. The normalized spacial score (nSPS) is 10.2. The summed E-state index contributed by atoms with van der Waals surface area (Å²) in [6.45, 7) is 3.06. The van der Waals surface area contributed by atoms with Gasteiger partial charge in [0.05, 0.1) is 0 Å². The number of carbonyl (C=O) groups is 2. The van der Waals surface area contributed by atoms with Crippen molar-refractivity contribution in [1.29, 1.82) is 0 Å². The smallest absolute Gasteiger partial charge is 0.274 e. The van der Waals surface area contributed by atoms with Crippen LogP contribution in [0.4, 0.5) is 27.3 Å². The van der Waals surface area contributed by atoms with Gasteiger partial charge in [-0.3, -0.25) is 9.59 Å². The molecule has 0 spiro atoms. The summed E-state index contributed by atoms with van der Waals surface area (Å²) in [6, 6.07) is 14.2. The van der Waals surface area contributed by atoms with Crippen molar-refractivity contribution < 1.29 is 14.0 Å². The molecule has 7 nitrogen and oxygen atoms in total. The van der Waals surface area contributed by atoms with E-state index in [1.165, 1.54) is 25.1 Å². The molecule has 0 bridgehead atoms. The van der Waals surface area contributed by atoms with Gasteiger partial charge in [-0.05, 0) is 43.3 Å². The Kier molecular flexibility index (Phi) is 5.59. The van der Waals surface area contributed by atoms with E-state index in [0.717, 1.165) is 0 Å². The number of aromatic nitrogens is 2. The van der Waals surface area contributed by atoms with Gasteiger partial charge in [0.25, 0.3) is 5.91 Å². The fourth-order valence-electron chi connectivity index (χ4n) is 2.54. The van der Waals surface area contributed by atoms with Gasteiger partial charge >= 0.3 is 0 Å². The Labute approximate surface area is 161 Å². The van der Waals surface area contributed by atoms with Gasteiger partial charge in [-0.15, -0.1) is 0 Å². The van der Waals surface area contributed by atoms with Crippen LogP contribution in [0.5, 0.6) is 0 Å². The second kappa shape index (κ2) is 8.26. The van der Waals surface area contributed by atoms with Crippen LogP contribution in [0.1, 0.15) is 23.2 Å². The molecule has 142 valence electrons. The lowest BCUT2D eigenvalue weighted by atomic mass is 10.2. The van der Waals surface area contributed by atoms with Gasteiger partial charge in [-0.25, -0.2) is 14.4 Å². The van der Waals surface area contributed by atoms with Crippen LogP contribution in [-0.2, 0) is 4.79 Å². The number of aryl methyl sites for hydroxylation is 1. The molecule has 0 unspecified atom stereocenters. The first-order valence-corrected chi connectivity index (χ1v) is 8.46. The number of halogens is 1. The van der Waals surface area contributed by atoms with Gasteiger partial charge in [0.2, 0.25) is 5.91 Å². The highest BCUT2D eigenvalue weighted by molar-refractivity contribution is 6.03. The molecule has 0 atom stereocenters. The molecule has 3 aromatic rings. The lowest BCUT2D eigenvalue weighted by Crippen LogP contribution is -2.15. The van der Waals surface area contributed by atoms with Gasteiger partial charge < -0.3 is 16.0 Å². The van der Waals surface area contributed by atoms with Gasteiger partial charge in [-0.2, -0.15) is 0 Å². The first kappa shape index (κ1) is 19.0. The molecule has 1 heterocycles. The molecule has 3 rings (SSSR count). The number of rotatable bonds is 5. The van der Waals surface area contributed by atoms with Crippen molar-refractivity contribution in [3.8, 4) is 0 Å². The summed E-state index contributed by atoms with van der Waals surface area (Å²) in [7, 11) is 0. The van der Waals surface area contributed by atoms with Crippen molar-refractivity contribution in [3.63, 3.8) is 0 Å². The van der Waals surface area contributed by atoms with Crippen LogP contribution in [0.25, 0.3) is 0 Å². The van der Waals surface area contributed by atoms with Gasteiger partial charge in [-0.1, -0.05) is 12.1 Å². The molecule has 2 aromatic carbocycles. The molecule has 0 aliphatic carbocycles. The average molecular weight is 379 g/mol. The lowest BCUT2D eigenvalue weighted by Gasteiger charge is -2.10. The van der Waals surface area contributed by atoms with Crippen molar-refractivity contribution in [2.24, 2.45) is 0 Å². The molecule has 0 radical (unpaired) electrons. The minimum atomic E-state index is -0.437. The molecular weight excluding hydrogens is 361 g/mol. The summed E-state index contributed by atoms with van der Waals surface area (Å²) in [5, 5.41) is 8.34. The number of nitrogens with zero attached hydrogens (tertiary/aromatic N) is 2. The Morgan fingerprint density at radius 1 is 0.893 bits per heavy atom. The fourth-order valence-corrected chi connectivity index (χ4v) is 2.54. The van der Waals surface area contributed by atoms with E-state index < -0.39 is 5.91 Å². The quantitative estimate of drug-likeness (QED) is 0.625. The van der Waals surface area contributed by atoms with Gasteiger partial charge in [0.15, 0.2) is 0 Å². The zero-order valence-corrected chi connectivity index (χ0v) is 15.3. The Balaban J connectivity index is 1.78. The molecule has 0 fully saturated rings. The molecule has 1 aromatic heterocycles. The summed E-state index contributed by atoms with van der Waals surface area (Å²) in [6.07, 6.45) is 0. The average Bonchev–Trinajstić information content (AvgIpc) is 2.61. The topological polar surface area (TPSA) is 96.0 Å². The molecule has 28 heavy (non-hydrogen) atoms. The third-order valence-corrected chi connectivity index (χ3v) is 3.61. The molecule has 0 saturated carbocycles. The summed E-state index contributed by atoms with van der Waals surface area (Å²) < 4.78 is 13.3. The number of hydrogen-bond donors (Lipinski definition) is 3. The predicted octanol–water partition coefficient (Wildman–Crippen LogP) is 3.88. The Hall–Kier alpha value is -3.81. The molecule has 0 saturated heterocycles. The maximum atomic E-state index is 13.3. The SMILES string of the molecule is CC(=O)Nc1cccc(NC(=O)c2cc(Nc3cccc(F)c3)nc(C)n2)c1. The molecular formula is C20H18FN5O2. The van der Waals surface area contributed by atoms with Crippen LogP contribution >= 0.6 is 0 Å². The van der Waals surface area contributed by atoms with Crippen LogP contribution < -0.4 is 16.0 Å². The first-order valence-electron chi connectivity index (χ1n) is 8.46. The second-order valence-electron chi connectivity index (χ2n) is 6.04. The number of carbonyl (C=O) groups excluding carboxylic acids is 2. The van der Waals surface area contributed by atoms with Crippen LogP contribution in [-0.4, -0.2) is 21.8 Å². The monoisotopic (exact) mass is 379 g/mol. The van der Waals surface area contributed by atoms with Crippen LogP contribution in [0.2, 0.25) is 0 Å². The van der Waals surface area contributed by atoms with E-state index in [1.807, 2.05) is 0 Å². The standard InChI is InChI=1S/C20H18FN5O2/c1-12-22-18(11-19(23-12)25-15-6-3-5-14(21)9-15)20(28)26-17-8-4-7-16(10-17)24-13(2)27/h3-11H,1-2H3,(H,24,27)(H,26,28)(H,22,23,25). The van der Waals surface area contributed by atoms with Crippen LogP contribution in [0, 0.1) is 12.7 Å². The maximum absolute atomic E-state index is 13.3. The van der Waals surface area contributed by atoms with E-state index in [1.54, 1.807) is 43.3 Å². The highest BCUT2D eigenvalue weighted by atomic mass is 19.1. The van der Waals surface area contributed by atoms with Crippen molar-refractivity contribution in [3.05, 3.63) is 71.9 Å². The molecule has 8 heteroatoms. The Bertz CT molecular complexity index is 1040. The number of anilines is 4. The lowest BCUT2D eigenvalue weighted by molar-refractivity contribution is -0.114. The molecule has 3 N–H and O–H groups in total. The predicted molar refractivity (Wildman–Crippen MR) is 105 cm³/mol. The third kappa shape index (κ3) is 5.10. The summed E-state index contributed by atoms with van der Waals surface area (Å²) in [4.78, 5) is 32.1. The number of hydrogen-bond acceptors (Lipinski definition) is 5. The number of nitrogens with one attached hydrogen (secondary N) is 3. The van der Waals surface area contributed by atoms with E-state index >= 15 is 0 Å². The van der Waals surface area contributed by atoms with Crippen LogP contribution in [0.3, 0.4) is 0 Å². The van der Waals surface area contributed by atoms with E-state index in [-0.39, 0.29) is 17.4 Å². The van der Waals surface area contributed by atoms with Crippen molar-refractivity contribution in [2.45, 2.75) is 13.8 Å². The van der Waals surface area contributed by atoms with E-state index in [4.69, 9.17) is 0 Å². The van der Waals surface area contributed by atoms with E-state index in [2.05, 4.69) is 25.9 Å². The van der Waals surface area contributed by atoms with Crippen LogP contribution in [0.15, 0.2) is 54.6 Å². The summed E-state index contributed by atoms with van der Waals surface area (Å²) in [5.41, 5.74) is 1.73.